The highest BCUT2D eigenvalue weighted by atomic mass is 35.5. The van der Waals surface area contributed by atoms with E-state index >= 15 is 0 Å². The molecule has 0 aliphatic heterocycles. The Balaban J connectivity index is 2.01. The molecule has 0 saturated carbocycles. The van der Waals surface area contributed by atoms with Crippen molar-refractivity contribution in [2.24, 2.45) is 0 Å². The van der Waals surface area contributed by atoms with Crippen LogP contribution in [0.1, 0.15) is 0 Å². The van der Waals surface area contributed by atoms with E-state index in [1.54, 1.807) is 12.1 Å². The van der Waals surface area contributed by atoms with Crippen LogP contribution in [0.5, 0.6) is 0 Å². The third-order valence-corrected chi connectivity index (χ3v) is 2.94. The van der Waals surface area contributed by atoms with Crippen molar-refractivity contribution in [2.75, 3.05) is 5.32 Å². The Bertz CT molecular complexity index is 673. The topological polar surface area (TPSA) is 103 Å². The second-order valence-corrected chi connectivity index (χ2v) is 4.49. The molecular formula is C10H7Cl2N5O3. The minimum absolute atomic E-state index is 0.207. The minimum atomic E-state index is -0.743. The van der Waals surface area contributed by atoms with Gasteiger partial charge in [0, 0.05) is 10.8 Å². The summed E-state index contributed by atoms with van der Waals surface area (Å²) in [5.74, 6) is -0.990. The van der Waals surface area contributed by atoms with Crippen molar-refractivity contribution in [3.05, 3.63) is 44.7 Å². The molecule has 1 amide bonds. The first-order valence-corrected chi connectivity index (χ1v) is 6.00. The molecular weight excluding hydrogens is 309 g/mol. The van der Waals surface area contributed by atoms with Crippen molar-refractivity contribution in [1.29, 1.82) is 0 Å². The molecule has 0 unspecified atom stereocenters. The molecule has 0 aliphatic rings. The summed E-state index contributed by atoms with van der Waals surface area (Å²) >= 11 is 11.6. The Morgan fingerprint density at radius 2 is 2.15 bits per heavy atom. The van der Waals surface area contributed by atoms with Gasteiger partial charge in [0.05, 0.1) is 10.0 Å². The maximum Gasteiger partial charge on any atom is 0.490 e. The van der Waals surface area contributed by atoms with Crippen molar-refractivity contribution in [1.82, 2.24) is 14.8 Å². The molecule has 0 saturated heterocycles. The highest BCUT2D eigenvalue weighted by Crippen LogP contribution is 2.24. The van der Waals surface area contributed by atoms with Crippen molar-refractivity contribution in [3.63, 3.8) is 0 Å². The number of nitrogens with one attached hydrogen (secondary N) is 1. The molecule has 0 aliphatic carbocycles. The van der Waals surface area contributed by atoms with E-state index in [1.165, 1.54) is 6.07 Å². The summed E-state index contributed by atoms with van der Waals surface area (Å²) in [6.45, 7) is -0.207. The molecule has 0 spiro atoms. The van der Waals surface area contributed by atoms with Gasteiger partial charge in [-0.05, 0) is 23.1 Å². The predicted molar refractivity (Wildman–Crippen MR) is 71.8 cm³/mol. The number of carbonyl (C=O) groups is 1. The van der Waals surface area contributed by atoms with Gasteiger partial charge in [-0.15, -0.1) is 0 Å². The Morgan fingerprint density at radius 3 is 2.75 bits per heavy atom. The van der Waals surface area contributed by atoms with Crippen molar-refractivity contribution in [3.8, 4) is 0 Å². The van der Waals surface area contributed by atoms with E-state index < -0.39 is 16.8 Å². The van der Waals surface area contributed by atoms with Gasteiger partial charge < -0.3 is 15.4 Å². The molecule has 1 aromatic carbocycles. The first kappa shape index (κ1) is 14.2. The van der Waals surface area contributed by atoms with Crippen LogP contribution in [-0.2, 0) is 11.3 Å². The van der Waals surface area contributed by atoms with Crippen LogP contribution in [0.2, 0.25) is 10.0 Å². The summed E-state index contributed by atoms with van der Waals surface area (Å²) in [5, 5.41) is 17.2. The molecule has 104 valence electrons. The maximum atomic E-state index is 11.7. The number of hydrogen-bond donors (Lipinski definition) is 1. The molecule has 0 atom stereocenters. The van der Waals surface area contributed by atoms with Gasteiger partial charge in [-0.2, -0.15) is 4.68 Å². The van der Waals surface area contributed by atoms with Crippen LogP contribution >= 0.6 is 23.2 Å². The SMILES string of the molecule is O=C(Cn1cnc([N+](=O)[O-])n1)Nc1ccc(Cl)c(Cl)c1. The third kappa shape index (κ3) is 3.43. The van der Waals surface area contributed by atoms with Gasteiger partial charge in [0.1, 0.15) is 6.54 Å². The van der Waals surface area contributed by atoms with E-state index in [2.05, 4.69) is 15.4 Å². The molecule has 2 aromatic rings. The van der Waals surface area contributed by atoms with Crippen LogP contribution in [0.15, 0.2) is 24.5 Å². The minimum Gasteiger partial charge on any atom is -0.390 e. The van der Waals surface area contributed by atoms with E-state index in [4.69, 9.17) is 23.2 Å². The Morgan fingerprint density at radius 1 is 1.40 bits per heavy atom. The molecule has 0 bridgehead atoms. The standard InChI is InChI=1S/C10H7Cl2N5O3/c11-7-2-1-6(3-8(7)12)14-9(18)4-16-5-13-10(15-16)17(19)20/h1-3,5H,4H2,(H,14,18). The Kier molecular flexibility index (Phi) is 4.16. The number of rotatable bonds is 4. The zero-order valence-electron chi connectivity index (χ0n) is 9.79. The van der Waals surface area contributed by atoms with Gasteiger partial charge in [0.25, 0.3) is 0 Å². The molecule has 2 rings (SSSR count). The number of amides is 1. The monoisotopic (exact) mass is 315 g/mol. The Labute approximate surface area is 122 Å². The lowest BCUT2D eigenvalue weighted by Gasteiger charge is -2.05. The summed E-state index contributed by atoms with van der Waals surface area (Å²) in [7, 11) is 0. The zero-order valence-corrected chi connectivity index (χ0v) is 11.3. The fourth-order valence-electron chi connectivity index (χ4n) is 1.37. The highest BCUT2D eigenvalue weighted by Gasteiger charge is 2.15. The van der Waals surface area contributed by atoms with Crippen LogP contribution in [-0.4, -0.2) is 25.6 Å². The fraction of sp³-hybridized carbons (Fsp3) is 0.100. The molecule has 1 heterocycles. The number of hydrogen-bond acceptors (Lipinski definition) is 5. The second-order valence-electron chi connectivity index (χ2n) is 3.68. The molecule has 0 radical (unpaired) electrons. The number of aromatic nitrogens is 3. The average molecular weight is 316 g/mol. The lowest BCUT2D eigenvalue weighted by molar-refractivity contribution is -0.394. The molecule has 10 heteroatoms. The van der Waals surface area contributed by atoms with Crippen LogP contribution < -0.4 is 5.32 Å². The zero-order chi connectivity index (χ0) is 14.7. The summed E-state index contributed by atoms with van der Waals surface area (Å²) in [6.07, 6.45) is 1.10. The lowest BCUT2D eigenvalue weighted by atomic mass is 10.3. The number of benzene rings is 1. The van der Waals surface area contributed by atoms with Gasteiger partial charge in [-0.1, -0.05) is 28.2 Å². The van der Waals surface area contributed by atoms with Crippen LogP contribution in [0.25, 0.3) is 0 Å². The number of anilines is 1. The predicted octanol–water partition coefficient (Wildman–Crippen LogP) is 2.13. The normalized spacial score (nSPS) is 10.3. The largest absolute Gasteiger partial charge is 0.490 e. The van der Waals surface area contributed by atoms with Gasteiger partial charge >= 0.3 is 5.95 Å². The van der Waals surface area contributed by atoms with Gasteiger partial charge in [0.15, 0.2) is 0 Å². The number of halogens is 2. The van der Waals surface area contributed by atoms with E-state index in [-0.39, 0.29) is 6.54 Å². The van der Waals surface area contributed by atoms with Crippen molar-refractivity contribution >= 4 is 40.7 Å². The average Bonchev–Trinajstić information content (AvgIpc) is 2.82. The molecule has 20 heavy (non-hydrogen) atoms. The lowest BCUT2D eigenvalue weighted by Crippen LogP contribution is -2.19. The van der Waals surface area contributed by atoms with Crippen molar-refractivity contribution < 1.29 is 9.72 Å². The van der Waals surface area contributed by atoms with Crippen LogP contribution in [0.3, 0.4) is 0 Å². The number of carbonyl (C=O) groups excluding carboxylic acids is 1. The van der Waals surface area contributed by atoms with Gasteiger partial charge in [-0.3, -0.25) is 4.79 Å². The van der Waals surface area contributed by atoms with E-state index in [1.807, 2.05) is 0 Å². The Hall–Kier alpha value is -2.19. The number of nitro groups is 1. The van der Waals surface area contributed by atoms with Gasteiger partial charge in [-0.25, -0.2) is 0 Å². The first-order valence-electron chi connectivity index (χ1n) is 5.24. The highest BCUT2D eigenvalue weighted by molar-refractivity contribution is 6.42. The first-order chi connectivity index (χ1) is 9.45. The number of nitrogens with zero attached hydrogens (tertiary/aromatic N) is 4. The third-order valence-electron chi connectivity index (χ3n) is 2.20. The summed E-state index contributed by atoms with van der Waals surface area (Å²) in [6, 6.07) is 4.61. The summed E-state index contributed by atoms with van der Waals surface area (Å²) < 4.78 is 1.06. The fourth-order valence-corrected chi connectivity index (χ4v) is 1.66. The summed E-state index contributed by atoms with van der Waals surface area (Å²) in [5.41, 5.74) is 0.457. The molecule has 1 N–H and O–H groups in total. The van der Waals surface area contributed by atoms with E-state index in [0.717, 1.165) is 11.0 Å². The molecule has 0 fully saturated rings. The van der Waals surface area contributed by atoms with E-state index in [9.17, 15) is 14.9 Å². The second kappa shape index (κ2) is 5.85. The summed E-state index contributed by atoms with van der Waals surface area (Å²) in [4.78, 5) is 24.8. The van der Waals surface area contributed by atoms with Crippen LogP contribution in [0.4, 0.5) is 11.6 Å². The quantitative estimate of drug-likeness (QED) is 0.687. The van der Waals surface area contributed by atoms with E-state index in [0.29, 0.717) is 15.7 Å². The molecule has 8 nitrogen and oxygen atoms in total. The van der Waals surface area contributed by atoms with Crippen LogP contribution in [0, 0.1) is 10.1 Å². The maximum absolute atomic E-state index is 11.7. The smallest absolute Gasteiger partial charge is 0.390 e. The van der Waals surface area contributed by atoms with Gasteiger partial charge in [0.2, 0.25) is 12.2 Å². The van der Waals surface area contributed by atoms with Crippen molar-refractivity contribution in [2.45, 2.75) is 6.54 Å². The molecule has 1 aromatic heterocycles.